The van der Waals surface area contributed by atoms with Gasteiger partial charge in [0.1, 0.15) is 4.99 Å². The van der Waals surface area contributed by atoms with E-state index in [1.165, 1.54) is 11.1 Å². The SMILES string of the molecule is CN(CCCN1Cc2cc3c(cc2C1=S)OCO3)CCc1ccsc1. The van der Waals surface area contributed by atoms with E-state index in [1.54, 1.807) is 11.3 Å². The highest BCUT2D eigenvalue weighted by atomic mass is 32.1. The Bertz CT molecular complexity index is 761. The van der Waals surface area contributed by atoms with Gasteiger partial charge in [0, 0.05) is 25.2 Å². The van der Waals surface area contributed by atoms with Crippen LogP contribution in [0.15, 0.2) is 29.0 Å². The van der Waals surface area contributed by atoms with Crippen LogP contribution in [-0.2, 0) is 13.0 Å². The monoisotopic (exact) mass is 374 g/mol. The molecule has 4 rings (SSSR count). The highest BCUT2D eigenvalue weighted by molar-refractivity contribution is 7.80. The van der Waals surface area contributed by atoms with Crippen molar-refractivity contribution in [3.8, 4) is 11.5 Å². The van der Waals surface area contributed by atoms with Crippen molar-refractivity contribution in [3.05, 3.63) is 45.6 Å². The molecule has 0 N–H and O–H groups in total. The first-order valence-corrected chi connectivity index (χ1v) is 9.97. The molecular weight excluding hydrogens is 352 g/mol. The van der Waals surface area contributed by atoms with Crippen LogP contribution in [0.3, 0.4) is 0 Å². The van der Waals surface area contributed by atoms with E-state index in [9.17, 15) is 0 Å². The van der Waals surface area contributed by atoms with E-state index in [-0.39, 0.29) is 0 Å². The zero-order valence-electron chi connectivity index (χ0n) is 14.4. The topological polar surface area (TPSA) is 24.9 Å². The molecule has 1 aromatic carbocycles. The third-order valence-corrected chi connectivity index (χ3v) is 6.02. The number of nitrogens with zero attached hydrogens (tertiary/aromatic N) is 2. The van der Waals surface area contributed by atoms with E-state index >= 15 is 0 Å². The Morgan fingerprint density at radius 2 is 2.08 bits per heavy atom. The predicted molar refractivity (Wildman–Crippen MR) is 105 cm³/mol. The van der Waals surface area contributed by atoms with Crippen molar-refractivity contribution in [2.24, 2.45) is 0 Å². The van der Waals surface area contributed by atoms with E-state index in [2.05, 4.69) is 39.7 Å². The highest BCUT2D eigenvalue weighted by Crippen LogP contribution is 2.38. The standard InChI is InChI=1S/C19H22N2O2S2/c1-20(7-3-14-4-8-25-12-14)5-2-6-21-11-15-9-17-18(23-13-22-17)10-16(15)19(21)24/h4,8-10,12H,2-3,5-7,11,13H2,1H3. The largest absolute Gasteiger partial charge is 0.454 e. The van der Waals surface area contributed by atoms with Gasteiger partial charge in [0.2, 0.25) is 6.79 Å². The molecule has 0 bridgehead atoms. The normalized spacial score (nSPS) is 15.3. The first-order chi connectivity index (χ1) is 12.2. The summed E-state index contributed by atoms with van der Waals surface area (Å²) in [4.78, 5) is 5.64. The van der Waals surface area contributed by atoms with Crippen LogP contribution >= 0.6 is 23.6 Å². The van der Waals surface area contributed by atoms with Crippen molar-refractivity contribution in [2.75, 3.05) is 33.5 Å². The third kappa shape index (κ3) is 3.66. The van der Waals surface area contributed by atoms with Crippen molar-refractivity contribution < 1.29 is 9.47 Å². The molecule has 2 aliphatic heterocycles. The summed E-state index contributed by atoms with van der Waals surface area (Å²) in [6.07, 6.45) is 2.24. The second-order valence-corrected chi connectivity index (χ2v) is 7.79. The number of thiocarbonyl (C=S) groups is 1. The molecule has 0 unspecified atom stereocenters. The zero-order valence-corrected chi connectivity index (χ0v) is 16.0. The highest BCUT2D eigenvalue weighted by Gasteiger charge is 2.27. The van der Waals surface area contributed by atoms with Gasteiger partial charge in [-0.05, 0) is 66.5 Å². The van der Waals surface area contributed by atoms with Gasteiger partial charge in [0.25, 0.3) is 0 Å². The minimum Gasteiger partial charge on any atom is -0.454 e. The van der Waals surface area contributed by atoms with Gasteiger partial charge in [-0.3, -0.25) is 0 Å². The van der Waals surface area contributed by atoms with E-state index < -0.39 is 0 Å². The van der Waals surface area contributed by atoms with Gasteiger partial charge in [0.05, 0.1) is 0 Å². The molecule has 2 aromatic rings. The number of likely N-dealkylation sites (N-methyl/N-ethyl adjacent to an activating group) is 1. The van der Waals surface area contributed by atoms with Crippen LogP contribution in [0, 0.1) is 0 Å². The lowest BCUT2D eigenvalue weighted by Crippen LogP contribution is -2.29. The number of hydrogen-bond donors (Lipinski definition) is 0. The van der Waals surface area contributed by atoms with Crippen LogP contribution in [0.1, 0.15) is 23.1 Å². The minimum absolute atomic E-state index is 0.312. The number of rotatable bonds is 7. The Morgan fingerprint density at radius 3 is 2.88 bits per heavy atom. The number of fused-ring (bicyclic) bond motifs is 2. The lowest BCUT2D eigenvalue weighted by atomic mass is 10.1. The molecule has 0 saturated heterocycles. The van der Waals surface area contributed by atoms with Crippen molar-refractivity contribution in [3.63, 3.8) is 0 Å². The Hall–Kier alpha value is -1.63. The molecule has 0 amide bonds. The molecule has 3 heterocycles. The first-order valence-electron chi connectivity index (χ1n) is 8.62. The van der Waals surface area contributed by atoms with Gasteiger partial charge in [-0.25, -0.2) is 0 Å². The molecule has 6 heteroatoms. The van der Waals surface area contributed by atoms with Crippen molar-refractivity contribution >= 4 is 28.5 Å². The number of hydrogen-bond acceptors (Lipinski definition) is 5. The summed E-state index contributed by atoms with van der Waals surface area (Å²) in [5.41, 5.74) is 3.82. The van der Waals surface area contributed by atoms with Crippen LogP contribution in [0.5, 0.6) is 11.5 Å². The quantitative estimate of drug-likeness (QED) is 0.691. The minimum atomic E-state index is 0.312. The average molecular weight is 375 g/mol. The van der Waals surface area contributed by atoms with Gasteiger partial charge < -0.3 is 19.3 Å². The molecule has 0 spiro atoms. The summed E-state index contributed by atoms with van der Waals surface area (Å²) in [6, 6.07) is 6.33. The summed E-state index contributed by atoms with van der Waals surface area (Å²) in [6.45, 7) is 4.36. The van der Waals surface area contributed by atoms with Gasteiger partial charge in [-0.2, -0.15) is 11.3 Å². The fraction of sp³-hybridized carbons (Fsp3) is 0.421. The van der Waals surface area contributed by atoms with Crippen LogP contribution in [0.25, 0.3) is 0 Å². The second kappa shape index (κ2) is 7.32. The maximum atomic E-state index is 5.67. The smallest absolute Gasteiger partial charge is 0.231 e. The number of benzene rings is 1. The lowest BCUT2D eigenvalue weighted by molar-refractivity contribution is 0.174. The number of ether oxygens (including phenoxy) is 2. The summed E-state index contributed by atoms with van der Waals surface area (Å²) in [5, 5.41) is 4.38. The second-order valence-electron chi connectivity index (χ2n) is 6.63. The van der Waals surface area contributed by atoms with Crippen molar-refractivity contribution in [1.29, 1.82) is 0 Å². The molecule has 0 radical (unpaired) electrons. The van der Waals surface area contributed by atoms with Gasteiger partial charge in [-0.15, -0.1) is 0 Å². The molecule has 2 aliphatic rings. The predicted octanol–water partition coefficient (Wildman–Crippen LogP) is 3.53. The Kier molecular flexibility index (Phi) is 4.92. The molecule has 4 nitrogen and oxygen atoms in total. The summed E-state index contributed by atoms with van der Waals surface area (Å²) >= 11 is 7.44. The molecule has 0 saturated carbocycles. The van der Waals surface area contributed by atoms with Crippen molar-refractivity contribution in [2.45, 2.75) is 19.4 Å². The summed E-state index contributed by atoms with van der Waals surface area (Å²) < 4.78 is 10.9. The van der Waals surface area contributed by atoms with E-state index in [1.807, 2.05) is 6.07 Å². The molecule has 25 heavy (non-hydrogen) atoms. The van der Waals surface area contributed by atoms with Gasteiger partial charge in [0.15, 0.2) is 11.5 Å². The van der Waals surface area contributed by atoms with E-state index in [0.29, 0.717) is 6.79 Å². The lowest BCUT2D eigenvalue weighted by Gasteiger charge is -2.21. The fourth-order valence-corrected chi connectivity index (χ4v) is 4.39. The molecule has 0 fully saturated rings. The molecule has 0 aliphatic carbocycles. The zero-order chi connectivity index (χ0) is 17.2. The molecule has 1 aromatic heterocycles. The van der Waals surface area contributed by atoms with Crippen LogP contribution in [0.4, 0.5) is 0 Å². The Labute approximate surface area is 158 Å². The van der Waals surface area contributed by atoms with Crippen LogP contribution in [0.2, 0.25) is 0 Å². The number of thiophene rings is 1. The Morgan fingerprint density at radius 1 is 1.24 bits per heavy atom. The van der Waals surface area contributed by atoms with Crippen LogP contribution < -0.4 is 9.47 Å². The summed E-state index contributed by atoms with van der Waals surface area (Å²) in [7, 11) is 2.20. The maximum absolute atomic E-state index is 5.67. The summed E-state index contributed by atoms with van der Waals surface area (Å²) in [5.74, 6) is 1.66. The molecule has 0 atom stereocenters. The molecule has 132 valence electrons. The van der Waals surface area contributed by atoms with Crippen molar-refractivity contribution in [1.82, 2.24) is 9.80 Å². The maximum Gasteiger partial charge on any atom is 0.231 e. The van der Waals surface area contributed by atoms with E-state index in [4.69, 9.17) is 21.7 Å². The average Bonchev–Trinajstić information content (AvgIpc) is 3.33. The third-order valence-electron chi connectivity index (χ3n) is 4.81. The van der Waals surface area contributed by atoms with Gasteiger partial charge >= 0.3 is 0 Å². The van der Waals surface area contributed by atoms with E-state index in [0.717, 1.165) is 61.1 Å². The Balaban J connectivity index is 1.26. The van der Waals surface area contributed by atoms with Gasteiger partial charge in [-0.1, -0.05) is 12.2 Å². The first kappa shape index (κ1) is 16.8. The molecular formula is C19H22N2O2S2. The fourth-order valence-electron chi connectivity index (χ4n) is 3.34. The van der Waals surface area contributed by atoms with Crippen LogP contribution in [-0.4, -0.2) is 48.3 Å².